The van der Waals surface area contributed by atoms with Crippen LogP contribution in [0.3, 0.4) is 0 Å². The van der Waals surface area contributed by atoms with Crippen LogP contribution in [0, 0.1) is 5.41 Å². The molecule has 0 aliphatic rings. The van der Waals surface area contributed by atoms with E-state index in [0.29, 0.717) is 6.54 Å². The fourth-order valence-corrected chi connectivity index (χ4v) is 14.4. The van der Waals surface area contributed by atoms with Gasteiger partial charge in [0.2, 0.25) is 5.91 Å². The van der Waals surface area contributed by atoms with E-state index in [1.54, 1.807) is 64.0 Å². The minimum Gasteiger partial charge on any atom is -0.377 e. The van der Waals surface area contributed by atoms with Crippen molar-refractivity contribution in [1.82, 2.24) is 5.32 Å². The monoisotopic (exact) mass is 795 g/mol. The molecule has 0 bridgehead atoms. The van der Waals surface area contributed by atoms with Gasteiger partial charge in [0.1, 0.15) is 0 Å². The zero-order valence-corrected chi connectivity index (χ0v) is 37.2. The summed E-state index contributed by atoms with van der Waals surface area (Å²) < 4.78 is 50.1. The first-order valence-corrected chi connectivity index (χ1v) is 26.4. The third-order valence-electron chi connectivity index (χ3n) is 8.76. The van der Waals surface area contributed by atoms with Crippen LogP contribution in [0.2, 0.25) is 18.1 Å². The van der Waals surface area contributed by atoms with Crippen molar-refractivity contribution >= 4 is 67.6 Å². The van der Waals surface area contributed by atoms with E-state index in [2.05, 4.69) is 5.32 Å². The van der Waals surface area contributed by atoms with E-state index in [1.165, 1.54) is 0 Å². The van der Waals surface area contributed by atoms with Gasteiger partial charge in [-0.1, -0.05) is 0 Å². The second-order valence-corrected chi connectivity index (χ2v) is 24.4. The van der Waals surface area contributed by atoms with E-state index in [0.717, 1.165) is 110 Å². The van der Waals surface area contributed by atoms with Gasteiger partial charge in [0, 0.05) is 94.1 Å². The van der Waals surface area contributed by atoms with Gasteiger partial charge in [-0.2, -0.15) is 35.3 Å². The van der Waals surface area contributed by atoms with Crippen LogP contribution in [0.25, 0.3) is 0 Å². The van der Waals surface area contributed by atoms with Gasteiger partial charge in [0.25, 0.3) is 0 Å². The van der Waals surface area contributed by atoms with Crippen molar-refractivity contribution in [2.45, 2.75) is 82.8 Å². The molecule has 1 amide bonds. The van der Waals surface area contributed by atoms with Gasteiger partial charge in [-0.3, -0.25) is 4.79 Å². The van der Waals surface area contributed by atoms with Crippen molar-refractivity contribution in [2.75, 3.05) is 105 Å². The number of hydrogen-bond acceptors (Lipinski definition) is 13. The van der Waals surface area contributed by atoms with Crippen molar-refractivity contribution in [3.63, 3.8) is 0 Å². The van der Waals surface area contributed by atoms with Gasteiger partial charge in [0.05, 0.1) is 0 Å². The SMILES string of the molecule is CCNC(=O)C(CCCSCCC[Si](OC)(OC)OC)(CCCSCCC[Si](OC)(OC)OC)CCCSCCC[Si](OC)(OC)OC. The third-order valence-corrected chi connectivity index (χ3v) is 20.7. The first-order chi connectivity index (χ1) is 23.1. The van der Waals surface area contributed by atoms with E-state index in [9.17, 15) is 4.79 Å². The number of hydrogen-bond donors (Lipinski definition) is 1. The van der Waals surface area contributed by atoms with Crippen LogP contribution in [0.15, 0.2) is 0 Å². The number of carbonyl (C=O) groups excluding carboxylic acids is 1. The molecule has 0 heterocycles. The highest BCUT2D eigenvalue weighted by molar-refractivity contribution is 7.99. The average molecular weight is 796 g/mol. The van der Waals surface area contributed by atoms with Crippen LogP contribution in [0.5, 0.6) is 0 Å². The lowest BCUT2D eigenvalue weighted by molar-refractivity contribution is -0.132. The molecule has 0 radical (unpaired) electrons. The van der Waals surface area contributed by atoms with Crippen molar-refractivity contribution < 1.29 is 44.6 Å². The normalized spacial score (nSPS) is 13.0. The first kappa shape index (κ1) is 48.8. The minimum atomic E-state index is -2.53. The summed E-state index contributed by atoms with van der Waals surface area (Å²) in [5, 5.41) is 3.21. The highest BCUT2D eigenvalue weighted by Gasteiger charge is 2.39. The molecule has 17 heteroatoms. The van der Waals surface area contributed by atoms with E-state index < -0.39 is 26.4 Å². The lowest BCUT2D eigenvalue weighted by atomic mass is 9.74. The summed E-state index contributed by atoms with van der Waals surface area (Å²) in [7, 11) is 7.38. The molecule has 0 aromatic rings. The number of amides is 1. The average Bonchev–Trinajstić information content (AvgIpc) is 3.12. The Morgan fingerprint density at radius 2 is 0.729 bits per heavy atom. The molecule has 0 aliphatic heterocycles. The van der Waals surface area contributed by atoms with Crippen LogP contribution >= 0.6 is 35.3 Å². The Morgan fingerprint density at radius 1 is 0.479 bits per heavy atom. The molecule has 288 valence electrons. The third kappa shape index (κ3) is 18.5. The molecule has 0 aromatic heterocycles. The fourth-order valence-electron chi connectivity index (χ4n) is 5.75. The summed E-state index contributed by atoms with van der Waals surface area (Å²) in [4.78, 5) is 13.7. The van der Waals surface area contributed by atoms with E-state index in [-0.39, 0.29) is 11.3 Å². The zero-order valence-electron chi connectivity index (χ0n) is 31.7. The Hall–Kier alpha value is 0.811. The highest BCUT2D eigenvalue weighted by Crippen LogP contribution is 2.37. The number of carbonyl (C=O) groups is 1. The quantitative estimate of drug-likeness (QED) is 0.0561. The molecule has 0 saturated carbocycles. The molecule has 0 unspecified atom stereocenters. The Balaban J connectivity index is 5.18. The van der Waals surface area contributed by atoms with Crippen molar-refractivity contribution in [2.24, 2.45) is 5.41 Å². The molecule has 0 fully saturated rings. The summed E-state index contributed by atoms with van der Waals surface area (Å²) in [5.41, 5.74) is -0.351. The van der Waals surface area contributed by atoms with Gasteiger partial charge in [-0.05, 0) is 99.2 Å². The molecule has 0 aromatic carbocycles. The smallest absolute Gasteiger partial charge is 0.377 e. The van der Waals surface area contributed by atoms with Gasteiger partial charge in [0.15, 0.2) is 0 Å². The second kappa shape index (κ2) is 29.3. The molecule has 0 spiro atoms. The maximum Gasteiger partial charge on any atom is 0.500 e. The van der Waals surface area contributed by atoms with Crippen LogP contribution in [0.4, 0.5) is 0 Å². The molecule has 0 rings (SSSR count). The van der Waals surface area contributed by atoms with Crippen LogP contribution in [-0.4, -0.2) is 137 Å². The van der Waals surface area contributed by atoms with E-state index in [4.69, 9.17) is 39.8 Å². The van der Waals surface area contributed by atoms with Crippen LogP contribution in [-0.2, 0) is 44.6 Å². The fraction of sp³-hybridized carbons (Fsp3) is 0.968. The first-order valence-electron chi connectivity index (χ1n) is 17.1. The molecule has 1 N–H and O–H groups in total. The number of thioether (sulfide) groups is 3. The Bertz CT molecular complexity index is 678. The van der Waals surface area contributed by atoms with Crippen molar-refractivity contribution in [3.8, 4) is 0 Å². The molecule has 0 atom stereocenters. The predicted octanol–water partition coefficient (Wildman–Crippen LogP) is 6.45. The minimum absolute atomic E-state index is 0.216. The topological polar surface area (TPSA) is 112 Å². The second-order valence-electron chi connectivity index (χ2n) is 11.5. The molecule has 0 saturated heterocycles. The predicted molar refractivity (Wildman–Crippen MR) is 209 cm³/mol. The molecule has 48 heavy (non-hydrogen) atoms. The lowest BCUT2D eigenvalue weighted by Crippen LogP contribution is -2.42. The van der Waals surface area contributed by atoms with E-state index in [1.807, 2.05) is 42.2 Å². The van der Waals surface area contributed by atoms with Crippen molar-refractivity contribution in [1.29, 1.82) is 0 Å². The highest BCUT2D eigenvalue weighted by atomic mass is 32.2. The zero-order chi connectivity index (χ0) is 36.2. The number of nitrogens with one attached hydrogen (secondary N) is 1. The molecular formula is C31H69NO10S3Si3. The van der Waals surface area contributed by atoms with Crippen LogP contribution in [0.1, 0.15) is 64.7 Å². The Morgan fingerprint density at radius 3 is 0.958 bits per heavy atom. The molecule has 0 aliphatic carbocycles. The van der Waals surface area contributed by atoms with Gasteiger partial charge in [-0.25, -0.2) is 0 Å². The summed E-state index contributed by atoms with van der Waals surface area (Å²) in [6.45, 7) is 2.66. The van der Waals surface area contributed by atoms with Gasteiger partial charge < -0.3 is 45.2 Å². The lowest BCUT2D eigenvalue weighted by Gasteiger charge is -2.33. The summed E-state index contributed by atoms with van der Waals surface area (Å²) in [6.07, 6.45) is 8.69. The summed E-state index contributed by atoms with van der Waals surface area (Å²) in [5.74, 6) is 6.36. The van der Waals surface area contributed by atoms with E-state index >= 15 is 0 Å². The molecule has 11 nitrogen and oxygen atoms in total. The standard InChI is InChI=1S/C31H69NO10S3Si3/c1-11-32-30(33)31(18-12-21-43-24-15-27-46(34-2,35-3)36-4,19-13-22-44-25-16-28-47(37-5,38-6)39-7)20-14-23-45-26-17-29-48(40-8,41-9)42-10/h11-29H2,1-10H3,(H,32,33). The van der Waals surface area contributed by atoms with Gasteiger partial charge in [-0.15, -0.1) is 0 Å². The maximum atomic E-state index is 13.7. The molecular weight excluding hydrogens is 727 g/mol. The largest absolute Gasteiger partial charge is 0.500 e. The van der Waals surface area contributed by atoms with Crippen molar-refractivity contribution in [3.05, 3.63) is 0 Å². The Kier molecular flexibility index (Phi) is 29.8. The maximum absolute atomic E-state index is 13.7. The van der Waals surface area contributed by atoms with Gasteiger partial charge >= 0.3 is 26.4 Å². The Labute approximate surface area is 309 Å². The summed E-state index contributed by atoms with van der Waals surface area (Å²) in [6, 6.07) is 2.41. The van der Waals surface area contributed by atoms with Crippen LogP contribution < -0.4 is 5.32 Å². The summed E-state index contributed by atoms with van der Waals surface area (Å²) >= 11 is 5.82. The number of rotatable bonds is 35.